The molecule has 1 unspecified atom stereocenters. The van der Waals surface area contributed by atoms with Crippen molar-refractivity contribution in [2.75, 3.05) is 5.32 Å². The summed E-state index contributed by atoms with van der Waals surface area (Å²) in [7, 11) is 0. The molecule has 0 saturated heterocycles. The summed E-state index contributed by atoms with van der Waals surface area (Å²) in [4.78, 5) is 32.8. The van der Waals surface area contributed by atoms with Crippen molar-refractivity contribution in [1.82, 2.24) is 15.3 Å². The van der Waals surface area contributed by atoms with E-state index >= 15 is 0 Å². The van der Waals surface area contributed by atoms with E-state index in [0.29, 0.717) is 22.1 Å². The number of fused-ring (bicyclic) bond motifs is 1. The van der Waals surface area contributed by atoms with Gasteiger partial charge < -0.3 is 20.0 Å². The van der Waals surface area contributed by atoms with Crippen LogP contribution < -0.4 is 10.6 Å². The summed E-state index contributed by atoms with van der Waals surface area (Å²) in [6.45, 7) is 1.64. The van der Waals surface area contributed by atoms with E-state index in [2.05, 4.69) is 36.5 Å². The van der Waals surface area contributed by atoms with E-state index in [9.17, 15) is 9.59 Å². The highest BCUT2D eigenvalue weighted by molar-refractivity contribution is 9.11. The zero-order valence-corrected chi connectivity index (χ0v) is 17.1. The summed E-state index contributed by atoms with van der Waals surface area (Å²) in [5.41, 5.74) is 2.13. The van der Waals surface area contributed by atoms with Gasteiger partial charge in [0.15, 0.2) is 11.6 Å². The molecule has 0 aliphatic heterocycles. The number of thiophene rings is 1. The smallest absolute Gasteiger partial charge is 0.262 e. The summed E-state index contributed by atoms with van der Waals surface area (Å²) in [6, 6.07) is 11.8. The fourth-order valence-corrected chi connectivity index (χ4v) is 3.93. The normalized spacial score (nSPS) is 12.1. The molecule has 4 rings (SSSR count). The van der Waals surface area contributed by atoms with Crippen molar-refractivity contribution >= 4 is 55.8 Å². The standard InChI is InChI=1S/C19H15BrN4O3S/c1-10(21-19(26)15-6-7-16(20)28-15)18(25)22-11-4-5-12-13(9-11)24-17(23-12)14-3-2-8-27-14/h2-10H,1H3,(H,21,26)(H,22,25)(H,23,24). The molecule has 0 aliphatic carbocycles. The summed E-state index contributed by atoms with van der Waals surface area (Å²) in [5, 5.41) is 5.50. The zero-order valence-electron chi connectivity index (χ0n) is 14.7. The van der Waals surface area contributed by atoms with Crippen LogP contribution in [0.1, 0.15) is 16.6 Å². The Morgan fingerprint density at radius 2 is 2.11 bits per heavy atom. The van der Waals surface area contributed by atoms with Gasteiger partial charge in [-0.3, -0.25) is 9.59 Å². The number of anilines is 1. The van der Waals surface area contributed by atoms with E-state index in [-0.39, 0.29) is 11.8 Å². The second-order valence-corrected chi connectivity index (χ2v) is 8.55. The Balaban J connectivity index is 1.44. The molecular weight excluding hydrogens is 444 g/mol. The molecule has 0 bridgehead atoms. The van der Waals surface area contributed by atoms with Gasteiger partial charge in [0, 0.05) is 5.69 Å². The molecule has 3 heterocycles. The number of halogens is 1. The highest BCUT2D eigenvalue weighted by atomic mass is 79.9. The second kappa shape index (κ2) is 7.61. The molecule has 1 atom stereocenters. The first-order chi connectivity index (χ1) is 13.5. The fraction of sp³-hybridized carbons (Fsp3) is 0.105. The predicted molar refractivity (Wildman–Crippen MR) is 111 cm³/mol. The number of rotatable bonds is 5. The van der Waals surface area contributed by atoms with Crippen molar-refractivity contribution in [2.45, 2.75) is 13.0 Å². The van der Waals surface area contributed by atoms with E-state index in [1.165, 1.54) is 11.3 Å². The van der Waals surface area contributed by atoms with Crippen LogP contribution in [0.5, 0.6) is 0 Å². The third kappa shape index (κ3) is 3.85. The van der Waals surface area contributed by atoms with Gasteiger partial charge in [0.1, 0.15) is 6.04 Å². The second-order valence-electron chi connectivity index (χ2n) is 6.08. The number of carbonyl (C=O) groups is 2. The maximum atomic E-state index is 12.4. The number of benzene rings is 1. The first-order valence-corrected chi connectivity index (χ1v) is 10.0. The average Bonchev–Trinajstić information content (AvgIpc) is 3.41. The molecule has 1 aromatic carbocycles. The van der Waals surface area contributed by atoms with Crippen LogP contribution in [-0.2, 0) is 4.79 Å². The third-order valence-corrected chi connectivity index (χ3v) is 5.66. The number of H-pyrrole nitrogens is 1. The molecule has 0 saturated carbocycles. The largest absolute Gasteiger partial charge is 0.461 e. The Morgan fingerprint density at radius 1 is 1.25 bits per heavy atom. The predicted octanol–water partition coefficient (Wildman–Crippen LogP) is 4.40. The van der Waals surface area contributed by atoms with Crippen molar-refractivity contribution in [3.63, 3.8) is 0 Å². The van der Waals surface area contributed by atoms with Gasteiger partial charge >= 0.3 is 0 Å². The molecular formula is C19H15BrN4O3S. The summed E-state index contributed by atoms with van der Waals surface area (Å²) in [5.74, 6) is 0.657. The Bertz CT molecular complexity index is 1150. The topological polar surface area (TPSA) is 100 Å². The van der Waals surface area contributed by atoms with Crippen LogP contribution in [0.25, 0.3) is 22.6 Å². The van der Waals surface area contributed by atoms with Crippen LogP contribution in [0.4, 0.5) is 5.69 Å². The van der Waals surface area contributed by atoms with Crippen molar-refractivity contribution in [3.8, 4) is 11.6 Å². The Hall–Kier alpha value is -2.91. The van der Waals surface area contributed by atoms with Crippen molar-refractivity contribution in [2.24, 2.45) is 0 Å². The summed E-state index contributed by atoms with van der Waals surface area (Å²) < 4.78 is 6.20. The third-order valence-electron chi connectivity index (χ3n) is 4.04. The Kier molecular flexibility index (Phi) is 5.01. The minimum atomic E-state index is -0.690. The first kappa shape index (κ1) is 18.5. The quantitative estimate of drug-likeness (QED) is 0.412. The SMILES string of the molecule is CC(NC(=O)c1ccc(Br)s1)C(=O)Nc1ccc2nc(-c3ccco3)[nH]c2c1. The fourth-order valence-electron chi connectivity index (χ4n) is 2.64. The van der Waals surface area contributed by atoms with E-state index < -0.39 is 6.04 Å². The molecule has 4 aromatic rings. The molecule has 3 aromatic heterocycles. The van der Waals surface area contributed by atoms with Gasteiger partial charge in [-0.2, -0.15) is 0 Å². The molecule has 9 heteroatoms. The van der Waals surface area contributed by atoms with Crippen LogP contribution >= 0.6 is 27.3 Å². The van der Waals surface area contributed by atoms with Gasteiger partial charge in [-0.15, -0.1) is 11.3 Å². The van der Waals surface area contributed by atoms with Crippen LogP contribution in [0.3, 0.4) is 0 Å². The van der Waals surface area contributed by atoms with E-state index in [1.807, 2.05) is 6.07 Å². The number of carbonyl (C=O) groups excluding carboxylic acids is 2. The van der Waals surface area contributed by atoms with E-state index in [1.54, 1.807) is 49.6 Å². The van der Waals surface area contributed by atoms with Crippen LogP contribution in [0.2, 0.25) is 0 Å². The van der Waals surface area contributed by atoms with Crippen molar-refractivity contribution < 1.29 is 14.0 Å². The highest BCUT2D eigenvalue weighted by Crippen LogP contribution is 2.24. The molecule has 0 radical (unpaired) electrons. The lowest BCUT2D eigenvalue weighted by molar-refractivity contribution is -0.117. The van der Waals surface area contributed by atoms with Crippen LogP contribution in [0, 0.1) is 0 Å². The molecule has 0 spiro atoms. The Morgan fingerprint density at radius 3 is 2.82 bits per heavy atom. The van der Waals surface area contributed by atoms with Gasteiger partial charge in [-0.1, -0.05) is 0 Å². The van der Waals surface area contributed by atoms with Crippen molar-refractivity contribution in [3.05, 3.63) is 57.4 Å². The lowest BCUT2D eigenvalue weighted by Gasteiger charge is -2.13. The Labute approximate surface area is 172 Å². The lowest BCUT2D eigenvalue weighted by Crippen LogP contribution is -2.41. The number of nitrogens with one attached hydrogen (secondary N) is 3. The number of aromatic amines is 1. The first-order valence-electron chi connectivity index (χ1n) is 8.40. The number of furan rings is 1. The van der Waals surface area contributed by atoms with Gasteiger partial charge in [0.2, 0.25) is 5.91 Å². The minimum Gasteiger partial charge on any atom is -0.461 e. The number of imidazole rings is 1. The molecule has 2 amide bonds. The minimum absolute atomic E-state index is 0.287. The molecule has 3 N–H and O–H groups in total. The highest BCUT2D eigenvalue weighted by Gasteiger charge is 2.18. The molecule has 0 fully saturated rings. The maximum absolute atomic E-state index is 12.4. The number of aromatic nitrogens is 2. The van der Waals surface area contributed by atoms with Gasteiger partial charge in [-0.05, 0) is 65.3 Å². The van der Waals surface area contributed by atoms with Crippen molar-refractivity contribution in [1.29, 1.82) is 0 Å². The molecule has 142 valence electrons. The molecule has 7 nitrogen and oxygen atoms in total. The van der Waals surface area contributed by atoms with Gasteiger partial charge in [0.05, 0.1) is 26.0 Å². The number of hydrogen-bond acceptors (Lipinski definition) is 5. The number of nitrogens with zero attached hydrogens (tertiary/aromatic N) is 1. The molecule has 0 aliphatic rings. The van der Waals surface area contributed by atoms with E-state index in [4.69, 9.17) is 4.42 Å². The lowest BCUT2D eigenvalue weighted by atomic mass is 10.2. The van der Waals surface area contributed by atoms with Crippen LogP contribution in [0.15, 0.2) is 56.9 Å². The number of hydrogen-bond donors (Lipinski definition) is 3. The summed E-state index contributed by atoms with van der Waals surface area (Å²) >= 11 is 4.63. The van der Waals surface area contributed by atoms with Gasteiger partial charge in [0.25, 0.3) is 5.91 Å². The maximum Gasteiger partial charge on any atom is 0.262 e. The average molecular weight is 459 g/mol. The van der Waals surface area contributed by atoms with Crippen LogP contribution in [-0.4, -0.2) is 27.8 Å². The molecule has 28 heavy (non-hydrogen) atoms. The zero-order chi connectivity index (χ0) is 19.7. The van der Waals surface area contributed by atoms with E-state index in [0.717, 1.165) is 14.8 Å². The summed E-state index contributed by atoms with van der Waals surface area (Å²) in [6.07, 6.45) is 1.58. The van der Waals surface area contributed by atoms with Gasteiger partial charge in [-0.25, -0.2) is 4.98 Å². The monoisotopic (exact) mass is 458 g/mol. The number of amides is 2.